The number of benzene rings is 1. The van der Waals surface area contributed by atoms with Crippen molar-refractivity contribution in [3.8, 4) is 11.5 Å². The van der Waals surface area contributed by atoms with Crippen molar-refractivity contribution in [2.24, 2.45) is 0 Å². The third-order valence-electron chi connectivity index (χ3n) is 2.24. The van der Waals surface area contributed by atoms with E-state index in [4.69, 9.17) is 9.47 Å². The summed E-state index contributed by atoms with van der Waals surface area (Å²) in [7, 11) is 0. The molecule has 0 aliphatic carbocycles. The number of carbonyl (C=O) groups excluding carboxylic acids is 1. The lowest BCUT2D eigenvalue weighted by molar-refractivity contribution is 0.100. The van der Waals surface area contributed by atoms with Gasteiger partial charge in [0.05, 0.1) is 5.56 Å². The van der Waals surface area contributed by atoms with Gasteiger partial charge in [-0.3, -0.25) is 4.79 Å². The predicted molar refractivity (Wildman–Crippen MR) is 52.2 cm³/mol. The fraction of sp³-hybridized carbons (Fsp3) is 0.364. The standard InChI is InChI=1S/C11H11FO3/c1-7(13)9-4-8(6-12)5-10-11(9)15-3-2-14-10/h4-5H,2-3,6H2,1H3. The maximum Gasteiger partial charge on any atom is 0.172 e. The van der Waals surface area contributed by atoms with Crippen molar-refractivity contribution in [3.63, 3.8) is 0 Å². The normalized spacial score (nSPS) is 13.7. The number of carbonyl (C=O) groups is 1. The highest BCUT2D eigenvalue weighted by atomic mass is 19.1. The fourth-order valence-electron chi connectivity index (χ4n) is 1.55. The highest BCUT2D eigenvalue weighted by molar-refractivity contribution is 5.98. The zero-order valence-electron chi connectivity index (χ0n) is 8.38. The van der Waals surface area contributed by atoms with Crippen LogP contribution in [0.2, 0.25) is 0 Å². The van der Waals surface area contributed by atoms with Gasteiger partial charge in [-0.1, -0.05) is 0 Å². The summed E-state index contributed by atoms with van der Waals surface area (Å²) in [5, 5.41) is 0. The molecule has 15 heavy (non-hydrogen) atoms. The zero-order chi connectivity index (χ0) is 10.8. The number of hydrogen-bond acceptors (Lipinski definition) is 3. The second-order valence-corrected chi connectivity index (χ2v) is 3.36. The number of alkyl halides is 1. The molecule has 0 aromatic heterocycles. The van der Waals surface area contributed by atoms with Crippen LogP contribution >= 0.6 is 0 Å². The third kappa shape index (κ3) is 1.79. The SMILES string of the molecule is CC(=O)c1cc(CF)cc2c1OCCO2. The Morgan fingerprint density at radius 3 is 2.80 bits per heavy atom. The van der Waals surface area contributed by atoms with E-state index >= 15 is 0 Å². The average molecular weight is 210 g/mol. The Morgan fingerprint density at radius 2 is 2.13 bits per heavy atom. The topological polar surface area (TPSA) is 35.5 Å². The summed E-state index contributed by atoms with van der Waals surface area (Å²) in [6.07, 6.45) is 0. The molecule has 80 valence electrons. The maximum absolute atomic E-state index is 12.5. The van der Waals surface area contributed by atoms with Gasteiger partial charge in [-0.2, -0.15) is 0 Å². The summed E-state index contributed by atoms with van der Waals surface area (Å²) >= 11 is 0. The third-order valence-corrected chi connectivity index (χ3v) is 2.24. The Bertz CT molecular complexity index is 401. The van der Waals surface area contributed by atoms with Gasteiger partial charge in [0.25, 0.3) is 0 Å². The molecule has 1 aromatic rings. The van der Waals surface area contributed by atoms with E-state index in [0.717, 1.165) is 0 Å². The van der Waals surface area contributed by atoms with Crippen LogP contribution in [-0.2, 0) is 6.67 Å². The molecule has 1 aromatic carbocycles. The molecule has 0 amide bonds. The second-order valence-electron chi connectivity index (χ2n) is 3.36. The van der Waals surface area contributed by atoms with Crippen LogP contribution in [0.1, 0.15) is 22.8 Å². The van der Waals surface area contributed by atoms with Crippen molar-refractivity contribution < 1.29 is 18.7 Å². The van der Waals surface area contributed by atoms with Gasteiger partial charge in [0.15, 0.2) is 17.3 Å². The molecule has 0 spiro atoms. The molecule has 2 rings (SSSR count). The lowest BCUT2D eigenvalue weighted by atomic mass is 10.1. The first kappa shape index (κ1) is 9.96. The van der Waals surface area contributed by atoms with E-state index in [1.54, 1.807) is 6.07 Å². The molecule has 0 fully saturated rings. The minimum Gasteiger partial charge on any atom is -0.486 e. The fourth-order valence-corrected chi connectivity index (χ4v) is 1.55. The van der Waals surface area contributed by atoms with Crippen molar-refractivity contribution >= 4 is 5.78 Å². The molecule has 0 radical (unpaired) electrons. The van der Waals surface area contributed by atoms with Crippen molar-refractivity contribution in [2.45, 2.75) is 13.6 Å². The Labute approximate surface area is 86.8 Å². The van der Waals surface area contributed by atoms with Crippen LogP contribution < -0.4 is 9.47 Å². The summed E-state index contributed by atoms with van der Waals surface area (Å²) in [5.74, 6) is 0.750. The van der Waals surface area contributed by atoms with Crippen LogP contribution in [0.15, 0.2) is 12.1 Å². The van der Waals surface area contributed by atoms with Crippen LogP contribution in [0.3, 0.4) is 0 Å². The van der Waals surface area contributed by atoms with Crippen LogP contribution in [0, 0.1) is 0 Å². The molecule has 0 saturated carbocycles. The molecule has 0 atom stereocenters. The number of rotatable bonds is 2. The lowest BCUT2D eigenvalue weighted by Crippen LogP contribution is -2.17. The number of halogens is 1. The van der Waals surface area contributed by atoms with Crippen LogP contribution in [-0.4, -0.2) is 19.0 Å². The van der Waals surface area contributed by atoms with E-state index in [0.29, 0.717) is 35.8 Å². The van der Waals surface area contributed by atoms with Gasteiger partial charge in [-0.15, -0.1) is 0 Å². The maximum atomic E-state index is 12.5. The van der Waals surface area contributed by atoms with E-state index in [-0.39, 0.29) is 5.78 Å². The molecule has 0 bridgehead atoms. The number of Topliss-reactive ketones (excluding diaryl/α,β-unsaturated/α-hetero) is 1. The molecule has 1 aliphatic heterocycles. The summed E-state index contributed by atoms with van der Waals surface area (Å²) in [6.45, 7) is 1.66. The largest absolute Gasteiger partial charge is 0.486 e. The summed E-state index contributed by atoms with van der Waals surface area (Å²) in [5.41, 5.74) is 0.823. The van der Waals surface area contributed by atoms with E-state index in [1.165, 1.54) is 13.0 Å². The van der Waals surface area contributed by atoms with E-state index in [2.05, 4.69) is 0 Å². The Hall–Kier alpha value is -1.58. The molecule has 4 heteroatoms. The highest BCUT2D eigenvalue weighted by Gasteiger charge is 2.19. The Kier molecular flexibility index (Phi) is 2.58. The van der Waals surface area contributed by atoms with E-state index in [9.17, 15) is 9.18 Å². The minimum atomic E-state index is -0.614. The summed E-state index contributed by atoms with van der Waals surface area (Å²) in [6, 6.07) is 3.08. The van der Waals surface area contributed by atoms with Gasteiger partial charge in [0.2, 0.25) is 0 Å². The second kappa shape index (κ2) is 3.88. The predicted octanol–water partition coefficient (Wildman–Crippen LogP) is 2.13. The molecule has 1 heterocycles. The first-order valence-electron chi connectivity index (χ1n) is 4.72. The van der Waals surface area contributed by atoms with Crippen molar-refractivity contribution in [3.05, 3.63) is 23.3 Å². The summed E-state index contributed by atoms with van der Waals surface area (Å²) in [4.78, 5) is 11.3. The first-order valence-corrected chi connectivity index (χ1v) is 4.72. The van der Waals surface area contributed by atoms with Gasteiger partial charge in [-0.25, -0.2) is 4.39 Å². The molecule has 0 saturated heterocycles. The molecule has 0 N–H and O–H groups in total. The average Bonchev–Trinajstić information content (AvgIpc) is 2.27. The molecule has 1 aliphatic rings. The van der Waals surface area contributed by atoms with Crippen molar-refractivity contribution in [2.75, 3.05) is 13.2 Å². The van der Waals surface area contributed by atoms with Gasteiger partial charge in [0, 0.05) is 0 Å². The molecule has 0 unspecified atom stereocenters. The van der Waals surface area contributed by atoms with Crippen molar-refractivity contribution in [1.29, 1.82) is 0 Å². The van der Waals surface area contributed by atoms with Crippen LogP contribution in [0.4, 0.5) is 4.39 Å². The monoisotopic (exact) mass is 210 g/mol. The number of fused-ring (bicyclic) bond motifs is 1. The molecular formula is C11H11FO3. The Balaban J connectivity index is 2.55. The van der Waals surface area contributed by atoms with Gasteiger partial charge < -0.3 is 9.47 Å². The number of hydrogen-bond donors (Lipinski definition) is 0. The minimum absolute atomic E-state index is 0.146. The highest BCUT2D eigenvalue weighted by Crippen LogP contribution is 2.35. The van der Waals surface area contributed by atoms with Gasteiger partial charge >= 0.3 is 0 Å². The van der Waals surface area contributed by atoms with Crippen LogP contribution in [0.5, 0.6) is 11.5 Å². The van der Waals surface area contributed by atoms with E-state index in [1.807, 2.05) is 0 Å². The number of ketones is 1. The Morgan fingerprint density at radius 1 is 1.40 bits per heavy atom. The van der Waals surface area contributed by atoms with Crippen LogP contribution in [0.25, 0.3) is 0 Å². The quantitative estimate of drug-likeness (QED) is 0.701. The van der Waals surface area contributed by atoms with Gasteiger partial charge in [-0.05, 0) is 24.6 Å². The van der Waals surface area contributed by atoms with E-state index < -0.39 is 6.67 Å². The van der Waals surface area contributed by atoms with Gasteiger partial charge in [0.1, 0.15) is 19.9 Å². The lowest BCUT2D eigenvalue weighted by Gasteiger charge is -2.20. The molecular weight excluding hydrogens is 199 g/mol. The van der Waals surface area contributed by atoms with Crippen molar-refractivity contribution in [1.82, 2.24) is 0 Å². The zero-order valence-corrected chi connectivity index (χ0v) is 8.38. The smallest absolute Gasteiger partial charge is 0.172 e. The summed E-state index contributed by atoms with van der Waals surface area (Å²) < 4.78 is 23.2. The first-order chi connectivity index (χ1) is 7.22. The number of ether oxygens (including phenoxy) is 2. The molecule has 3 nitrogen and oxygen atoms in total.